The molecule has 83 heavy (non-hydrogen) atoms. The zero-order valence-corrected chi connectivity index (χ0v) is 52.8. The van der Waals surface area contributed by atoms with E-state index in [1.807, 2.05) is 0 Å². The Labute approximate surface area is 494 Å². The number of para-hydroxylation sites is 2. The number of hydrogen-bond donors (Lipinski definition) is 0. The van der Waals surface area contributed by atoms with E-state index in [1.54, 1.807) is 0 Å². The minimum Gasteiger partial charge on any atom is -0.455 e. The first-order valence-corrected chi connectivity index (χ1v) is 30.3. The van der Waals surface area contributed by atoms with E-state index in [2.05, 4.69) is 298 Å². The zero-order valence-electron chi connectivity index (χ0n) is 52.8. The molecule has 0 N–H and O–H groups in total. The van der Waals surface area contributed by atoms with Crippen LogP contribution in [0.15, 0.2) is 156 Å². The molecule has 0 radical (unpaired) electrons. The van der Waals surface area contributed by atoms with E-state index in [4.69, 9.17) is 4.42 Å². The van der Waals surface area contributed by atoms with Gasteiger partial charge in [0.2, 0.25) is 0 Å². The van der Waals surface area contributed by atoms with Gasteiger partial charge in [-0.15, -0.1) is 0 Å². The Morgan fingerprint density at radius 1 is 0.361 bits per heavy atom. The van der Waals surface area contributed by atoms with E-state index in [9.17, 15) is 0 Å². The van der Waals surface area contributed by atoms with Gasteiger partial charge in [-0.2, -0.15) is 0 Å². The molecule has 0 saturated carbocycles. The summed E-state index contributed by atoms with van der Waals surface area (Å²) < 4.78 is 9.26. The third kappa shape index (κ3) is 8.68. The van der Waals surface area contributed by atoms with Gasteiger partial charge in [0, 0.05) is 55.5 Å². The first-order valence-electron chi connectivity index (χ1n) is 30.3. The molecule has 0 fully saturated rings. The lowest BCUT2D eigenvalue weighted by atomic mass is 9.33. The van der Waals surface area contributed by atoms with Crippen molar-refractivity contribution in [1.29, 1.82) is 0 Å². The molecular weight excluding hydrogens is 1010 g/mol. The van der Waals surface area contributed by atoms with Gasteiger partial charge >= 0.3 is 0 Å². The van der Waals surface area contributed by atoms with Crippen molar-refractivity contribution in [2.75, 3.05) is 9.80 Å². The van der Waals surface area contributed by atoms with E-state index in [1.165, 1.54) is 128 Å². The second-order valence-electron chi connectivity index (χ2n) is 29.8. The SMILES string of the molecule is Cc1cc(-c2cccc3c2oc2ccccc23)cc(C)c1N1c2ccc(C(C)(C)C)cc2B2c3cc4c5ccc(C(C)(C)C)cc5n(-c5ccc(C(C)(C)C)cc5)c4cc3N(c3c(C)cc(C(C)(C)C)cc3C)c3cc(C(C)(C)C)cc1c32. The smallest absolute Gasteiger partial charge is 0.252 e. The molecule has 0 aliphatic carbocycles. The number of aromatic nitrogens is 1. The molecule has 4 heterocycles. The predicted octanol–water partition coefficient (Wildman–Crippen LogP) is 20.2. The van der Waals surface area contributed by atoms with Crippen LogP contribution in [0.3, 0.4) is 0 Å². The fourth-order valence-electron chi connectivity index (χ4n) is 13.9. The number of fused-ring (bicyclic) bond motifs is 10. The monoisotopic (exact) mass is 1090 g/mol. The number of benzene rings is 9. The first kappa shape index (κ1) is 54.5. The highest BCUT2D eigenvalue weighted by Gasteiger charge is 2.46. The van der Waals surface area contributed by atoms with Crippen LogP contribution in [0.2, 0.25) is 0 Å². The van der Waals surface area contributed by atoms with Crippen molar-refractivity contribution in [2.24, 2.45) is 0 Å². The Morgan fingerprint density at radius 2 is 0.855 bits per heavy atom. The van der Waals surface area contributed by atoms with Gasteiger partial charge in [-0.3, -0.25) is 0 Å². The van der Waals surface area contributed by atoms with Crippen molar-refractivity contribution >= 4 is 101 Å². The predicted molar refractivity (Wildman–Crippen MR) is 360 cm³/mol. The molecule has 5 heteroatoms. The number of nitrogens with zero attached hydrogens (tertiary/aromatic N) is 3. The Bertz CT molecular complexity index is 4460. The second kappa shape index (κ2) is 18.4. The molecule has 9 aromatic carbocycles. The molecule has 2 aliphatic rings. The van der Waals surface area contributed by atoms with E-state index in [0.717, 1.165) is 33.1 Å². The highest BCUT2D eigenvalue weighted by atomic mass is 16.3. The number of aryl methyl sites for hydroxylation is 4. The van der Waals surface area contributed by atoms with Crippen LogP contribution in [0.1, 0.15) is 154 Å². The average Bonchev–Trinajstić information content (AvgIpc) is 1.62. The van der Waals surface area contributed by atoms with Crippen LogP contribution in [-0.2, 0) is 27.1 Å². The summed E-state index contributed by atoms with van der Waals surface area (Å²) in [7, 11) is 0. The molecule has 0 atom stereocenters. The molecule has 11 aromatic rings. The van der Waals surface area contributed by atoms with Crippen molar-refractivity contribution in [1.82, 2.24) is 4.57 Å². The fourth-order valence-corrected chi connectivity index (χ4v) is 13.9. The Morgan fingerprint density at radius 3 is 1.46 bits per heavy atom. The van der Waals surface area contributed by atoms with E-state index in [0.29, 0.717) is 0 Å². The van der Waals surface area contributed by atoms with E-state index >= 15 is 0 Å². The largest absolute Gasteiger partial charge is 0.455 e. The van der Waals surface area contributed by atoms with Crippen molar-refractivity contribution in [3.63, 3.8) is 0 Å². The van der Waals surface area contributed by atoms with Crippen molar-refractivity contribution < 1.29 is 4.42 Å². The normalized spacial score (nSPS) is 13.9. The molecule has 13 rings (SSSR count). The molecule has 4 nitrogen and oxygen atoms in total. The van der Waals surface area contributed by atoms with Crippen LogP contribution >= 0.6 is 0 Å². The van der Waals surface area contributed by atoms with Crippen LogP contribution < -0.4 is 26.2 Å². The Hall–Kier alpha value is -7.76. The maximum absolute atomic E-state index is 6.69. The van der Waals surface area contributed by atoms with Gasteiger partial charge in [-0.05, 0) is 187 Å². The topological polar surface area (TPSA) is 24.6 Å². The molecule has 0 amide bonds. The highest BCUT2D eigenvalue weighted by molar-refractivity contribution is 7.00. The van der Waals surface area contributed by atoms with Gasteiger partial charge in [0.1, 0.15) is 11.2 Å². The first-order chi connectivity index (χ1) is 39.0. The van der Waals surface area contributed by atoms with Gasteiger partial charge in [0.25, 0.3) is 6.71 Å². The quantitative estimate of drug-likeness (QED) is 0.164. The number of furan rings is 1. The highest BCUT2D eigenvalue weighted by Crippen LogP contribution is 2.51. The van der Waals surface area contributed by atoms with Gasteiger partial charge in [-0.25, -0.2) is 0 Å². The minimum atomic E-state index is -0.186. The van der Waals surface area contributed by atoms with E-state index in [-0.39, 0.29) is 33.8 Å². The summed E-state index contributed by atoms with van der Waals surface area (Å²) >= 11 is 0. The summed E-state index contributed by atoms with van der Waals surface area (Å²) in [5, 5.41) is 4.82. The summed E-state index contributed by atoms with van der Waals surface area (Å²) in [5.74, 6) is 0. The summed E-state index contributed by atoms with van der Waals surface area (Å²) in [6, 6.07) is 59.2. The molecule has 2 aliphatic heterocycles. The van der Waals surface area contributed by atoms with Crippen LogP contribution in [0, 0.1) is 27.7 Å². The molecule has 0 bridgehead atoms. The molecule has 0 spiro atoms. The van der Waals surface area contributed by atoms with Crippen molar-refractivity contribution in [2.45, 2.75) is 159 Å². The fraction of sp³-hybridized carbons (Fsp3) is 0.308. The maximum atomic E-state index is 6.69. The minimum absolute atomic E-state index is 0.0232. The average molecular weight is 1090 g/mol. The van der Waals surface area contributed by atoms with Gasteiger partial charge in [0.15, 0.2) is 0 Å². The Kier molecular flexibility index (Phi) is 12.1. The summed E-state index contributed by atoms with van der Waals surface area (Å²) in [5.41, 5.74) is 30.4. The molecule has 418 valence electrons. The lowest BCUT2D eigenvalue weighted by Crippen LogP contribution is -2.61. The molecule has 0 unspecified atom stereocenters. The Balaban J connectivity index is 1.15. The zero-order chi connectivity index (χ0) is 58.9. The van der Waals surface area contributed by atoms with Gasteiger partial charge < -0.3 is 18.8 Å². The lowest BCUT2D eigenvalue weighted by Gasteiger charge is -2.46. The van der Waals surface area contributed by atoms with Crippen molar-refractivity contribution in [3.05, 3.63) is 202 Å². The summed E-state index contributed by atoms with van der Waals surface area (Å²) in [4.78, 5) is 5.36. The lowest BCUT2D eigenvalue weighted by molar-refractivity contribution is 0.589. The summed E-state index contributed by atoms with van der Waals surface area (Å²) in [6.45, 7) is 44.4. The van der Waals surface area contributed by atoms with Crippen LogP contribution in [0.25, 0.3) is 60.6 Å². The standard InChI is InChI=1S/C78H82BN3O/c1-45-35-49(56-24-22-25-59-58-23-20-21-26-69(58)83-73(56)59)36-46(2)71(45)81-63-34-30-51(75(8,9)10)39-61(63)79-62-43-60-57-33-29-52(76(11,12)13)40-64(57)80(55-31-27-50(28-32-55)74(5,6)7)65(60)44-66(62)82(68-42-54(78(17,18)19)41-67(81)70(68)79)72-47(3)37-53(38-48(72)4)77(14,15)16/h20-44H,1-19H3. The van der Waals surface area contributed by atoms with Crippen LogP contribution in [0.5, 0.6) is 0 Å². The summed E-state index contributed by atoms with van der Waals surface area (Å²) in [6.07, 6.45) is 0. The number of anilines is 6. The molecular formula is C78H82BN3O. The molecule has 0 saturated heterocycles. The van der Waals surface area contributed by atoms with Gasteiger partial charge in [0.05, 0.1) is 22.4 Å². The maximum Gasteiger partial charge on any atom is 0.252 e. The van der Waals surface area contributed by atoms with Crippen LogP contribution in [0.4, 0.5) is 34.1 Å². The number of hydrogen-bond acceptors (Lipinski definition) is 3. The number of rotatable bonds is 4. The molecule has 2 aromatic heterocycles. The third-order valence-corrected chi connectivity index (χ3v) is 18.6. The third-order valence-electron chi connectivity index (χ3n) is 18.6. The van der Waals surface area contributed by atoms with Crippen molar-refractivity contribution in [3.8, 4) is 16.8 Å². The second-order valence-corrected chi connectivity index (χ2v) is 29.8. The van der Waals surface area contributed by atoms with Crippen LogP contribution in [-0.4, -0.2) is 11.3 Å². The van der Waals surface area contributed by atoms with Gasteiger partial charge in [-0.1, -0.05) is 195 Å². The van der Waals surface area contributed by atoms with E-state index < -0.39 is 0 Å².